The molecule has 0 unspecified atom stereocenters. The number of carbonyl (C=O) groups is 3. The highest BCUT2D eigenvalue weighted by atomic mass is 16.5. The lowest BCUT2D eigenvalue weighted by Crippen LogP contribution is -2.51. The van der Waals surface area contributed by atoms with Crippen LogP contribution in [0.1, 0.15) is 40.5 Å². The molecule has 0 saturated carbocycles. The number of carbonyl (C=O) groups excluding carboxylic acids is 2. The second-order valence-corrected chi connectivity index (χ2v) is 5.25. The second kappa shape index (κ2) is 8.39. The molecule has 2 amide bonds. The third kappa shape index (κ3) is 7.60. The molecule has 0 atom stereocenters. The number of hydrogen-bond acceptors (Lipinski definition) is 4. The van der Waals surface area contributed by atoms with Crippen LogP contribution in [0.4, 0.5) is 4.79 Å². The summed E-state index contributed by atoms with van der Waals surface area (Å²) in [7, 11) is 0. The third-order valence-corrected chi connectivity index (χ3v) is 2.51. The van der Waals surface area contributed by atoms with Crippen molar-refractivity contribution in [2.45, 2.75) is 46.1 Å². The molecule has 0 aliphatic rings. The lowest BCUT2D eigenvalue weighted by molar-refractivity contribution is -0.143. The predicted molar refractivity (Wildman–Crippen MR) is 73.4 cm³/mol. The fourth-order valence-electron chi connectivity index (χ4n) is 1.55. The summed E-state index contributed by atoms with van der Waals surface area (Å²) >= 11 is 0. The Hall–Kier alpha value is -1.79. The molecule has 7 heteroatoms. The van der Waals surface area contributed by atoms with Gasteiger partial charge in [0.15, 0.2) is 0 Å². The van der Waals surface area contributed by atoms with Gasteiger partial charge in [-0.15, -0.1) is 0 Å². The van der Waals surface area contributed by atoms with E-state index in [0.717, 1.165) is 0 Å². The number of rotatable bonds is 7. The number of urea groups is 1. The standard InChI is InChI=1S/C13H24N2O5/c1-5-20-11(18)6-8-14-12(19)15(13(2,3)4)9-7-10(16)17/h5-9H2,1-4H3,(H,14,19)(H,16,17). The van der Waals surface area contributed by atoms with Gasteiger partial charge in [-0.2, -0.15) is 0 Å². The van der Waals surface area contributed by atoms with E-state index in [4.69, 9.17) is 9.84 Å². The first-order valence-electron chi connectivity index (χ1n) is 6.61. The first-order chi connectivity index (χ1) is 9.18. The lowest BCUT2D eigenvalue weighted by Gasteiger charge is -2.35. The van der Waals surface area contributed by atoms with E-state index in [1.165, 1.54) is 4.90 Å². The van der Waals surface area contributed by atoms with Crippen molar-refractivity contribution < 1.29 is 24.2 Å². The first kappa shape index (κ1) is 18.2. The number of nitrogens with zero attached hydrogens (tertiary/aromatic N) is 1. The van der Waals surface area contributed by atoms with E-state index in [-0.39, 0.29) is 37.9 Å². The highest BCUT2D eigenvalue weighted by Crippen LogP contribution is 2.13. The van der Waals surface area contributed by atoms with Crippen LogP contribution < -0.4 is 5.32 Å². The van der Waals surface area contributed by atoms with Gasteiger partial charge in [0.2, 0.25) is 0 Å². The van der Waals surface area contributed by atoms with Crippen LogP contribution in [-0.4, -0.2) is 53.2 Å². The maximum absolute atomic E-state index is 12.0. The van der Waals surface area contributed by atoms with E-state index < -0.39 is 11.5 Å². The summed E-state index contributed by atoms with van der Waals surface area (Å²) in [4.78, 5) is 35.2. The van der Waals surface area contributed by atoms with E-state index in [2.05, 4.69) is 5.32 Å². The van der Waals surface area contributed by atoms with Gasteiger partial charge in [-0.1, -0.05) is 0 Å². The molecule has 0 aliphatic heterocycles. The van der Waals surface area contributed by atoms with Gasteiger partial charge < -0.3 is 20.1 Å². The lowest BCUT2D eigenvalue weighted by atomic mass is 10.1. The normalized spacial score (nSPS) is 10.8. The van der Waals surface area contributed by atoms with Crippen LogP contribution in [0.15, 0.2) is 0 Å². The van der Waals surface area contributed by atoms with Crippen molar-refractivity contribution in [3.63, 3.8) is 0 Å². The highest BCUT2D eigenvalue weighted by molar-refractivity contribution is 5.77. The summed E-state index contributed by atoms with van der Waals surface area (Å²) in [6.45, 7) is 7.75. The minimum absolute atomic E-state index is 0.0937. The summed E-state index contributed by atoms with van der Waals surface area (Å²) in [5.74, 6) is -1.33. The predicted octanol–water partition coefficient (Wildman–Crippen LogP) is 1.22. The molecule has 0 fully saturated rings. The number of aliphatic carboxylic acids is 1. The van der Waals surface area contributed by atoms with Gasteiger partial charge >= 0.3 is 18.0 Å². The van der Waals surface area contributed by atoms with E-state index in [1.54, 1.807) is 6.92 Å². The third-order valence-electron chi connectivity index (χ3n) is 2.51. The van der Waals surface area contributed by atoms with Crippen LogP contribution in [0.3, 0.4) is 0 Å². The molecular weight excluding hydrogens is 264 g/mol. The minimum Gasteiger partial charge on any atom is -0.481 e. The Balaban J connectivity index is 4.35. The van der Waals surface area contributed by atoms with Crippen molar-refractivity contribution in [1.29, 1.82) is 0 Å². The topological polar surface area (TPSA) is 95.9 Å². The zero-order valence-corrected chi connectivity index (χ0v) is 12.6. The first-order valence-corrected chi connectivity index (χ1v) is 6.61. The summed E-state index contributed by atoms with van der Waals surface area (Å²) in [5.41, 5.74) is -0.497. The number of carboxylic acids is 1. The Kier molecular flexibility index (Phi) is 7.64. The van der Waals surface area contributed by atoms with Crippen LogP contribution in [0, 0.1) is 0 Å². The maximum atomic E-state index is 12.0. The summed E-state index contributed by atoms with van der Waals surface area (Å²) in [5, 5.41) is 11.3. The largest absolute Gasteiger partial charge is 0.481 e. The molecule has 0 radical (unpaired) electrons. The fraction of sp³-hybridized carbons (Fsp3) is 0.769. The van der Waals surface area contributed by atoms with Crippen LogP contribution >= 0.6 is 0 Å². The zero-order valence-electron chi connectivity index (χ0n) is 12.6. The molecule has 0 aromatic rings. The number of nitrogens with one attached hydrogen (secondary N) is 1. The smallest absolute Gasteiger partial charge is 0.317 e. The Bertz CT molecular complexity index is 349. The van der Waals surface area contributed by atoms with Crippen molar-refractivity contribution in [3.8, 4) is 0 Å². The molecule has 0 spiro atoms. The van der Waals surface area contributed by atoms with Crippen LogP contribution in [-0.2, 0) is 14.3 Å². The number of amides is 2. The molecule has 0 aromatic heterocycles. The highest BCUT2D eigenvalue weighted by Gasteiger charge is 2.26. The number of ether oxygens (including phenoxy) is 1. The fourth-order valence-corrected chi connectivity index (χ4v) is 1.55. The average Bonchev–Trinajstić information content (AvgIpc) is 2.27. The SMILES string of the molecule is CCOC(=O)CCNC(=O)N(CCC(=O)O)C(C)(C)C. The molecule has 0 rings (SSSR count). The second-order valence-electron chi connectivity index (χ2n) is 5.25. The molecule has 0 saturated heterocycles. The minimum atomic E-state index is -0.960. The molecule has 0 heterocycles. The van der Waals surface area contributed by atoms with Crippen molar-refractivity contribution in [1.82, 2.24) is 10.2 Å². The number of carboxylic acid groups (broad SMARTS) is 1. The van der Waals surface area contributed by atoms with Gasteiger partial charge in [-0.3, -0.25) is 9.59 Å². The number of esters is 1. The van der Waals surface area contributed by atoms with Gasteiger partial charge in [0.05, 0.1) is 19.4 Å². The average molecular weight is 288 g/mol. The Morgan fingerprint density at radius 3 is 2.25 bits per heavy atom. The van der Waals surface area contributed by atoms with Crippen molar-refractivity contribution in [3.05, 3.63) is 0 Å². The summed E-state index contributed by atoms with van der Waals surface area (Å²) < 4.78 is 4.75. The van der Waals surface area contributed by atoms with Crippen molar-refractivity contribution in [2.75, 3.05) is 19.7 Å². The molecule has 0 aliphatic carbocycles. The van der Waals surface area contributed by atoms with E-state index in [9.17, 15) is 14.4 Å². The van der Waals surface area contributed by atoms with Gasteiger partial charge in [0, 0.05) is 18.6 Å². The van der Waals surface area contributed by atoms with Gasteiger partial charge in [-0.25, -0.2) is 4.79 Å². The van der Waals surface area contributed by atoms with Gasteiger partial charge in [-0.05, 0) is 27.7 Å². The summed E-state index contributed by atoms with van der Waals surface area (Å²) in [6.07, 6.45) is -0.0287. The Labute approximate surface area is 119 Å². The van der Waals surface area contributed by atoms with E-state index in [0.29, 0.717) is 6.61 Å². The zero-order chi connectivity index (χ0) is 15.8. The molecule has 116 valence electrons. The molecule has 20 heavy (non-hydrogen) atoms. The van der Waals surface area contributed by atoms with E-state index >= 15 is 0 Å². The van der Waals surface area contributed by atoms with Crippen LogP contribution in [0.2, 0.25) is 0 Å². The summed E-state index contributed by atoms with van der Waals surface area (Å²) in [6, 6.07) is -0.386. The van der Waals surface area contributed by atoms with Crippen LogP contribution in [0.5, 0.6) is 0 Å². The molecule has 7 nitrogen and oxygen atoms in total. The Morgan fingerprint density at radius 2 is 1.80 bits per heavy atom. The monoisotopic (exact) mass is 288 g/mol. The quantitative estimate of drug-likeness (QED) is 0.687. The van der Waals surface area contributed by atoms with E-state index in [1.807, 2.05) is 20.8 Å². The van der Waals surface area contributed by atoms with Crippen molar-refractivity contribution in [2.24, 2.45) is 0 Å². The Morgan fingerprint density at radius 1 is 1.20 bits per heavy atom. The molecule has 0 aromatic carbocycles. The maximum Gasteiger partial charge on any atom is 0.317 e. The van der Waals surface area contributed by atoms with Gasteiger partial charge in [0.1, 0.15) is 0 Å². The van der Waals surface area contributed by atoms with Crippen molar-refractivity contribution >= 4 is 18.0 Å². The van der Waals surface area contributed by atoms with Crippen LogP contribution in [0.25, 0.3) is 0 Å². The molecule has 2 N–H and O–H groups in total. The molecular formula is C13H24N2O5. The van der Waals surface area contributed by atoms with Gasteiger partial charge in [0.25, 0.3) is 0 Å². The molecule has 0 bridgehead atoms. The number of hydrogen-bond donors (Lipinski definition) is 2.